The molecule has 7 nitrogen and oxygen atoms in total. The molecule has 1 aliphatic heterocycles. The topological polar surface area (TPSA) is 88.1 Å². The van der Waals surface area contributed by atoms with Gasteiger partial charge in [0.2, 0.25) is 0 Å². The molecule has 0 aliphatic carbocycles. The van der Waals surface area contributed by atoms with Crippen molar-refractivity contribution in [1.82, 2.24) is 0 Å². The Balaban J connectivity index is 3.09. The lowest BCUT2D eigenvalue weighted by molar-refractivity contribution is -0.225. The van der Waals surface area contributed by atoms with E-state index in [4.69, 9.17) is 18.9 Å². The maximum absolute atomic E-state index is 15.4. The van der Waals surface area contributed by atoms with E-state index < -0.39 is 63.6 Å². The quantitative estimate of drug-likeness (QED) is 0.330. The highest BCUT2D eigenvalue weighted by molar-refractivity contribution is 9.09. The van der Waals surface area contributed by atoms with Crippen molar-refractivity contribution in [3.05, 3.63) is 0 Å². The number of carbonyl (C=O) groups is 3. The summed E-state index contributed by atoms with van der Waals surface area (Å²) in [6.45, 7) is 14.5. The van der Waals surface area contributed by atoms with Crippen molar-refractivity contribution in [2.24, 2.45) is 16.2 Å². The fourth-order valence-corrected chi connectivity index (χ4v) is 2.91. The van der Waals surface area contributed by atoms with Crippen molar-refractivity contribution in [3.8, 4) is 0 Å². The van der Waals surface area contributed by atoms with Gasteiger partial charge in [-0.2, -0.15) is 0 Å². The molecule has 0 radical (unpaired) electrons. The van der Waals surface area contributed by atoms with Crippen molar-refractivity contribution in [1.29, 1.82) is 0 Å². The number of esters is 3. The van der Waals surface area contributed by atoms with E-state index >= 15 is 4.39 Å². The van der Waals surface area contributed by atoms with Gasteiger partial charge in [-0.05, 0) is 62.3 Å². The normalized spacial score (nSPS) is 27.9. The summed E-state index contributed by atoms with van der Waals surface area (Å²) < 4.78 is 37.0. The molecule has 1 rings (SSSR count). The molecule has 0 saturated carbocycles. The molecule has 0 amide bonds. The number of carbonyl (C=O) groups excluding carboxylic acids is 3. The van der Waals surface area contributed by atoms with Crippen LogP contribution in [0.25, 0.3) is 0 Å². The van der Waals surface area contributed by atoms with Gasteiger partial charge in [-0.1, -0.05) is 15.9 Å². The average molecular weight is 497 g/mol. The molecular formula is C21H34BrFO7. The van der Waals surface area contributed by atoms with E-state index in [0.717, 1.165) is 0 Å². The molecule has 1 heterocycles. The molecule has 1 fully saturated rings. The highest BCUT2D eigenvalue weighted by Gasteiger charge is 2.51. The van der Waals surface area contributed by atoms with Crippen molar-refractivity contribution >= 4 is 33.8 Å². The van der Waals surface area contributed by atoms with Crippen LogP contribution in [0.3, 0.4) is 0 Å². The summed E-state index contributed by atoms with van der Waals surface area (Å²) >= 11 is 3.25. The number of halogens is 2. The Morgan fingerprint density at radius 2 is 1.20 bits per heavy atom. The van der Waals surface area contributed by atoms with E-state index in [1.807, 2.05) is 0 Å². The van der Waals surface area contributed by atoms with Gasteiger partial charge >= 0.3 is 17.9 Å². The fourth-order valence-electron chi connectivity index (χ4n) is 2.22. The maximum Gasteiger partial charge on any atom is 0.311 e. The Kier molecular flexibility index (Phi) is 8.50. The lowest BCUT2D eigenvalue weighted by atomic mass is 9.95. The lowest BCUT2D eigenvalue weighted by Crippen LogP contribution is -2.59. The van der Waals surface area contributed by atoms with Crippen molar-refractivity contribution < 1.29 is 37.7 Å². The standard InChI is InChI=1S/C21H34BrFO7/c1-19(2,3)16(24)27-10-11-12(23)13(29-17(25)20(4,5)6)14(15(22)28-11)30-18(26)21(7,8)9/h11-15H,10H2,1-9H3. The zero-order chi connectivity index (χ0) is 23.7. The lowest BCUT2D eigenvalue weighted by Gasteiger charge is -2.42. The molecule has 0 bridgehead atoms. The van der Waals surface area contributed by atoms with Crippen LogP contribution in [0.4, 0.5) is 4.39 Å². The molecule has 0 aromatic carbocycles. The molecule has 9 heteroatoms. The number of alkyl halides is 2. The average Bonchev–Trinajstić information content (AvgIpc) is 2.56. The van der Waals surface area contributed by atoms with Crippen molar-refractivity contribution in [3.63, 3.8) is 0 Å². The molecule has 5 unspecified atom stereocenters. The molecule has 30 heavy (non-hydrogen) atoms. The van der Waals surface area contributed by atoms with Crippen LogP contribution >= 0.6 is 15.9 Å². The van der Waals surface area contributed by atoms with E-state index in [9.17, 15) is 14.4 Å². The first-order valence-corrected chi connectivity index (χ1v) is 10.8. The van der Waals surface area contributed by atoms with Crippen molar-refractivity contribution in [2.75, 3.05) is 6.61 Å². The fraction of sp³-hybridized carbons (Fsp3) is 0.857. The van der Waals surface area contributed by atoms with Gasteiger partial charge in [-0.15, -0.1) is 0 Å². The van der Waals surface area contributed by atoms with E-state index in [1.165, 1.54) is 0 Å². The van der Waals surface area contributed by atoms with Crippen LogP contribution in [0, 0.1) is 16.2 Å². The van der Waals surface area contributed by atoms with E-state index in [0.29, 0.717) is 0 Å². The predicted molar refractivity (Wildman–Crippen MR) is 112 cm³/mol. The molecule has 1 aliphatic rings. The number of hydrogen-bond acceptors (Lipinski definition) is 7. The molecule has 0 aromatic heterocycles. The van der Waals surface area contributed by atoms with Crippen LogP contribution in [0.2, 0.25) is 0 Å². The van der Waals surface area contributed by atoms with Crippen LogP contribution < -0.4 is 0 Å². The Bertz CT molecular complexity index is 645. The van der Waals surface area contributed by atoms with Gasteiger partial charge in [0.25, 0.3) is 0 Å². The summed E-state index contributed by atoms with van der Waals surface area (Å²) in [5, 5.41) is -0.966. The van der Waals surface area contributed by atoms with Gasteiger partial charge in [0, 0.05) is 0 Å². The minimum Gasteiger partial charge on any atom is -0.462 e. The second kappa shape index (κ2) is 9.51. The zero-order valence-electron chi connectivity index (χ0n) is 19.2. The Labute approximate surface area is 186 Å². The third-order valence-electron chi connectivity index (χ3n) is 4.26. The third kappa shape index (κ3) is 7.18. The van der Waals surface area contributed by atoms with E-state index in [1.54, 1.807) is 62.3 Å². The zero-order valence-corrected chi connectivity index (χ0v) is 20.8. The van der Waals surface area contributed by atoms with Crippen LogP contribution in [0.1, 0.15) is 62.3 Å². The largest absolute Gasteiger partial charge is 0.462 e. The minimum absolute atomic E-state index is 0.372. The highest BCUT2D eigenvalue weighted by Crippen LogP contribution is 2.34. The summed E-state index contributed by atoms with van der Waals surface area (Å²) in [5.74, 6) is -1.77. The van der Waals surface area contributed by atoms with E-state index in [-0.39, 0.29) is 6.61 Å². The monoisotopic (exact) mass is 496 g/mol. The summed E-state index contributed by atoms with van der Waals surface area (Å²) in [6, 6.07) is 0. The SMILES string of the molecule is CC(C)(C)C(=O)OCC1OC(Br)C(OC(=O)C(C)(C)C)C(OC(=O)C(C)(C)C)C1F. The molecule has 0 N–H and O–H groups in total. The summed E-state index contributed by atoms with van der Waals surface area (Å²) in [5.41, 5.74) is -2.51. The first-order valence-electron chi connectivity index (χ1n) is 9.88. The van der Waals surface area contributed by atoms with Crippen molar-refractivity contribution in [2.45, 2.75) is 91.8 Å². The van der Waals surface area contributed by atoms with Gasteiger partial charge < -0.3 is 18.9 Å². The van der Waals surface area contributed by atoms with Gasteiger partial charge in [0.15, 0.2) is 23.4 Å². The second-order valence-corrected chi connectivity index (χ2v) is 11.5. The first-order chi connectivity index (χ1) is 13.4. The smallest absolute Gasteiger partial charge is 0.311 e. The van der Waals surface area contributed by atoms with Crippen LogP contribution in [-0.2, 0) is 33.3 Å². The number of hydrogen-bond donors (Lipinski definition) is 0. The maximum atomic E-state index is 15.4. The van der Waals surface area contributed by atoms with Gasteiger partial charge in [-0.25, -0.2) is 4.39 Å². The Morgan fingerprint density at radius 1 is 0.800 bits per heavy atom. The molecule has 0 aromatic rings. The summed E-state index contributed by atoms with van der Waals surface area (Å²) in [6.07, 6.45) is -5.73. The molecular weight excluding hydrogens is 463 g/mol. The van der Waals surface area contributed by atoms with Gasteiger partial charge in [-0.3, -0.25) is 14.4 Å². The molecule has 0 spiro atoms. The number of ether oxygens (including phenoxy) is 4. The third-order valence-corrected chi connectivity index (χ3v) is 4.99. The Hall–Kier alpha value is -1.22. The van der Waals surface area contributed by atoms with Crippen LogP contribution in [0.5, 0.6) is 0 Å². The van der Waals surface area contributed by atoms with Gasteiger partial charge in [0.1, 0.15) is 12.7 Å². The van der Waals surface area contributed by atoms with Crippen LogP contribution in [0.15, 0.2) is 0 Å². The van der Waals surface area contributed by atoms with Crippen LogP contribution in [-0.4, -0.2) is 54.0 Å². The highest BCUT2D eigenvalue weighted by atomic mass is 79.9. The second-order valence-electron chi connectivity index (χ2n) is 10.6. The molecule has 174 valence electrons. The van der Waals surface area contributed by atoms with Gasteiger partial charge in [0.05, 0.1) is 16.2 Å². The first kappa shape index (κ1) is 26.8. The summed E-state index contributed by atoms with van der Waals surface area (Å²) in [7, 11) is 0. The molecule has 5 atom stereocenters. The predicted octanol–water partition coefficient (Wildman–Crippen LogP) is 3.95. The Morgan fingerprint density at radius 3 is 1.60 bits per heavy atom. The minimum atomic E-state index is -1.88. The molecule has 1 saturated heterocycles. The number of rotatable bonds is 4. The summed E-state index contributed by atoms with van der Waals surface area (Å²) in [4.78, 5) is 36.9. The van der Waals surface area contributed by atoms with E-state index in [2.05, 4.69) is 15.9 Å².